The molecule has 0 aliphatic heterocycles. The van der Waals surface area contributed by atoms with Gasteiger partial charge in [-0.15, -0.1) is 0 Å². The Morgan fingerprint density at radius 2 is 2.08 bits per heavy atom. The highest BCUT2D eigenvalue weighted by molar-refractivity contribution is 5.89. The summed E-state index contributed by atoms with van der Waals surface area (Å²) < 4.78 is 5.34. The molecule has 0 atom stereocenters. The van der Waals surface area contributed by atoms with Crippen LogP contribution >= 0.6 is 0 Å². The van der Waals surface area contributed by atoms with Crippen LogP contribution in [0.15, 0.2) is 21.5 Å². The number of nitrogens with two attached hydrogens (primary N) is 1. The molecule has 6 nitrogen and oxygen atoms in total. The number of nitrogens with zero attached hydrogens (tertiary/aromatic N) is 1. The minimum absolute atomic E-state index is 0.171. The van der Waals surface area contributed by atoms with Crippen LogP contribution in [0.2, 0.25) is 0 Å². The zero-order chi connectivity index (χ0) is 17.2. The standard InChI is InChI=1S/C18H30N4O2/c1-2-20-18(21-12-6-5-9-14-7-3-4-8-14)22-13-15-10-11-16(24-15)17(19)23/h10-11,14H,2-9,12-13H2,1H3,(H2,19,23)(H2,20,21,22). The molecular weight excluding hydrogens is 304 g/mol. The number of guanidine groups is 1. The van der Waals surface area contributed by atoms with Gasteiger partial charge in [-0.1, -0.05) is 38.5 Å². The van der Waals surface area contributed by atoms with Crippen molar-refractivity contribution >= 4 is 11.9 Å². The largest absolute Gasteiger partial charge is 0.454 e. The molecule has 1 amide bonds. The summed E-state index contributed by atoms with van der Waals surface area (Å²) in [6, 6.07) is 3.31. The minimum atomic E-state index is -0.558. The normalized spacial score (nSPS) is 15.6. The van der Waals surface area contributed by atoms with E-state index in [-0.39, 0.29) is 5.76 Å². The van der Waals surface area contributed by atoms with Gasteiger partial charge in [0.15, 0.2) is 11.7 Å². The van der Waals surface area contributed by atoms with Crippen molar-refractivity contribution < 1.29 is 9.21 Å². The average molecular weight is 334 g/mol. The molecule has 1 aliphatic carbocycles. The van der Waals surface area contributed by atoms with Crippen LogP contribution in [0.4, 0.5) is 0 Å². The molecule has 0 unspecified atom stereocenters. The molecule has 134 valence electrons. The molecule has 24 heavy (non-hydrogen) atoms. The van der Waals surface area contributed by atoms with E-state index in [1.165, 1.54) is 38.5 Å². The fourth-order valence-corrected chi connectivity index (χ4v) is 3.16. The number of rotatable bonds is 9. The Morgan fingerprint density at radius 1 is 1.29 bits per heavy atom. The van der Waals surface area contributed by atoms with Gasteiger partial charge in [-0.2, -0.15) is 0 Å². The summed E-state index contributed by atoms with van der Waals surface area (Å²) in [5, 5.41) is 6.57. The summed E-state index contributed by atoms with van der Waals surface area (Å²) in [6.07, 6.45) is 9.49. The molecule has 1 saturated carbocycles. The van der Waals surface area contributed by atoms with Crippen LogP contribution in [0.1, 0.15) is 68.2 Å². The van der Waals surface area contributed by atoms with Crippen LogP contribution in [0.5, 0.6) is 0 Å². The van der Waals surface area contributed by atoms with Gasteiger partial charge in [0, 0.05) is 13.1 Å². The Balaban J connectivity index is 1.70. The summed E-state index contributed by atoms with van der Waals surface area (Å²) in [5.74, 6) is 1.98. The topological polar surface area (TPSA) is 92.6 Å². The fourth-order valence-electron chi connectivity index (χ4n) is 3.16. The maximum atomic E-state index is 11.0. The number of hydrogen-bond acceptors (Lipinski definition) is 3. The first-order valence-corrected chi connectivity index (χ1v) is 9.09. The zero-order valence-electron chi connectivity index (χ0n) is 14.6. The molecule has 1 fully saturated rings. The predicted molar refractivity (Wildman–Crippen MR) is 95.9 cm³/mol. The van der Waals surface area contributed by atoms with Crippen molar-refractivity contribution in [2.24, 2.45) is 16.6 Å². The third-order valence-electron chi connectivity index (χ3n) is 4.45. The van der Waals surface area contributed by atoms with Crippen molar-refractivity contribution in [1.82, 2.24) is 10.6 Å². The highest BCUT2D eigenvalue weighted by atomic mass is 16.3. The van der Waals surface area contributed by atoms with Crippen molar-refractivity contribution in [3.63, 3.8) is 0 Å². The number of unbranched alkanes of at least 4 members (excludes halogenated alkanes) is 1. The molecule has 0 aromatic carbocycles. The second kappa shape index (κ2) is 10.0. The molecule has 1 aliphatic rings. The van der Waals surface area contributed by atoms with Gasteiger partial charge in [0.25, 0.3) is 5.91 Å². The molecule has 0 spiro atoms. The predicted octanol–water partition coefficient (Wildman–Crippen LogP) is 2.79. The van der Waals surface area contributed by atoms with E-state index < -0.39 is 5.91 Å². The van der Waals surface area contributed by atoms with Gasteiger partial charge < -0.3 is 20.8 Å². The Labute approximate surface area is 144 Å². The van der Waals surface area contributed by atoms with E-state index >= 15 is 0 Å². The Hall–Kier alpha value is -1.98. The number of carbonyl (C=O) groups is 1. The van der Waals surface area contributed by atoms with E-state index in [2.05, 4.69) is 15.6 Å². The van der Waals surface area contributed by atoms with Gasteiger partial charge in [0.1, 0.15) is 12.3 Å². The number of amides is 1. The van der Waals surface area contributed by atoms with Gasteiger partial charge in [0.2, 0.25) is 0 Å². The van der Waals surface area contributed by atoms with Crippen LogP contribution in [0.25, 0.3) is 0 Å². The minimum Gasteiger partial charge on any atom is -0.454 e. The average Bonchev–Trinajstić information content (AvgIpc) is 3.23. The van der Waals surface area contributed by atoms with Crippen molar-refractivity contribution in [3.05, 3.63) is 23.7 Å². The van der Waals surface area contributed by atoms with E-state index in [0.29, 0.717) is 12.3 Å². The molecule has 1 aromatic rings. The summed E-state index contributed by atoms with van der Waals surface area (Å²) >= 11 is 0. The number of primary amides is 1. The molecule has 0 radical (unpaired) electrons. The van der Waals surface area contributed by atoms with Crippen molar-refractivity contribution in [1.29, 1.82) is 0 Å². The number of aliphatic imine (C=N–C) groups is 1. The second-order valence-corrected chi connectivity index (χ2v) is 6.40. The number of furan rings is 1. The lowest BCUT2D eigenvalue weighted by Gasteiger charge is -2.12. The van der Waals surface area contributed by atoms with Crippen LogP contribution in [0, 0.1) is 5.92 Å². The Kier molecular flexibility index (Phi) is 7.65. The third kappa shape index (κ3) is 6.26. The molecule has 6 heteroatoms. The number of hydrogen-bond donors (Lipinski definition) is 3. The van der Waals surface area contributed by atoms with Crippen LogP contribution < -0.4 is 16.4 Å². The smallest absolute Gasteiger partial charge is 0.284 e. The first-order valence-electron chi connectivity index (χ1n) is 9.09. The lowest BCUT2D eigenvalue weighted by molar-refractivity contribution is 0.0972. The quantitative estimate of drug-likeness (QED) is 0.368. The zero-order valence-corrected chi connectivity index (χ0v) is 14.6. The highest BCUT2D eigenvalue weighted by Gasteiger charge is 2.13. The summed E-state index contributed by atoms with van der Waals surface area (Å²) in [4.78, 5) is 15.5. The summed E-state index contributed by atoms with van der Waals surface area (Å²) in [5.41, 5.74) is 5.18. The van der Waals surface area contributed by atoms with Crippen molar-refractivity contribution in [2.75, 3.05) is 13.1 Å². The number of nitrogens with one attached hydrogen (secondary N) is 2. The van der Waals surface area contributed by atoms with E-state index in [1.807, 2.05) is 6.92 Å². The maximum Gasteiger partial charge on any atom is 0.284 e. The van der Waals surface area contributed by atoms with Gasteiger partial charge in [-0.25, -0.2) is 4.99 Å². The van der Waals surface area contributed by atoms with Gasteiger partial charge >= 0.3 is 0 Å². The first-order chi connectivity index (χ1) is 11.7. The van der Waals surface area contributed by atoms with Gasteiger partial charge in [-0.3, -0.25) is 4.79 Å². The van der Waals surface area contributed by atoms with E-state index in [0.717, 1.165) is 31.4 Å². The van der Waals surface area contributed by atoms with Crippen LogP contribution in [0.3, 0.4) is 0 Å². The Bertz CT molecular complexity index is 533. The van der Waals surface area contributed by atoms with Gasteiger partial charge in [-0.05, 0) is 31.4 Å². The van der Waals surface area contributed by atoms with E-state index in [9.17, 15) is 4.79 Å². The molecule has 4 N–H and O–H groups in total. The molecule has 0 bridgehead atoms. The lowest BCUT2D eigenvalue weighted by atomic mass is 10.0. The molecular formula is C18H30N4O2. The molecule has 0 saturated heterocycles. The van der Waals surface area contributed by atoms with E-state index in [4.69, 9.17) is 10.2 Å². The van der Waals surface area contributed by atoms with Gasteiger partial charge in [0.05, 0.1) is 0 Å². The maximum absolute atomic E-state index is 11.0. The van der Waals surface area contributed by atoms with Crippen molar-refractivity contribution in [2.45, 2.75) is 58.4 Å². The first kappa shape index (κ1) is 18.4. The summed E-state index contributed by atoms with van der Waals surface area (Å²) in [6.45, 7) is 4.14. The number of carbonyl (C=O) groups excluding carboxylic acids is 1. The Morgan fingerprint density at radius 3 is 2.75 bits per heavy atom. The molecule has 2 rings (SSSR count). The second-order valence-electron chi connectivity index (χ2n) is 6.40. The highest BCUT2D eigenvalue weighted by Crippen LogP contribution is 2.28. The van der Waals surface area contributed by atoms with Crippen LogP contribution in [-0.4, -0.2) is 25.0 Å². The molecule has 1 heterocycles. The van der Waals surface area contributed by atoms with Crippen molar-refractivity contribution in [3.8, 4) is 0 Å². The van der Waals surface area contributed by atoms with E-state index in [1.54, 1.807) is 12.1 Å². The SMILES string of the molecule is CCNC(=NCc1ccc(C(N)=O)o1)NCCCCC1CCCC1. The lowest BCUT2D eigenvalue weighted by Crippen LogP contribution is -2.37. The summed E-state index contributed by atoms with van der Waals surface area (Å²) in [7, 11) is 0. The molecule has 1 aromatic heterocycles. The third-order valence-corrected chi connectivity index (χ3v) is 4.45. The fraction of sp³-hybridized carbons (Fsp3) is 0.667. The monoisotopic (exact) mass is 334 g/mol. The van der Waals surface area contributed by atoms with Crippen LogP contribution in [-0.2, 0) is 6.54 Å².